The van der Waals surface area contributed by atoms with Crippen LogP contribution in [-0.2, 0) is 32.7 Å². The number of hydrogen-bond donors (Lipinski definition) is 0. The van der Waals surface area contributed by atoms with Gasteiger partial charge in [-0.1, -0.05) is 304 Å². The molecular formula is C74H134NO8P. The Morgan fingerprint density at radius 3 is 1.02 bits per heavy atom. The molecule has 0 saturated carbocycles. The van der Waals surface area contributed by atoms with Crippen molar-refractivity contribution in [1.29, 1.82) is 0 Å². The zero-order valence-corrected chi connectivity index (χ0v) is 56.5. The molecule has 0 heterocycles. The maximum Gasteiger partial charge on any atom is 0.306 e. The third-order valence-electron chi connectivity index (χ3n) is 15.4. The summed E-state index contributed by atoms with van der Waals surface area (Å²) in [6.45, 7) is 4.16. The molecule has 84 heavy (non-hydrogen) atoms. The number of hydrogen-bond acceptors (Lipinski definition) is 8. The van der Waals surface area contributed by atoms with Crippen LogP contribution < -0.4 is 4.89 Å². The van der Waals surface area contributed by atoms with E-state index in [9.17, 15) is 19.0 Å². The van der Waals surface area contributed by atoms with Crippen LogP contribution in [0.1, 0.15) is 322 Å². The Hall–Kier alpha value is -2.81. The van der Waals surface area contributed by atoms with Crippen molar-refractivity contribution in [3.63, 3.8) is 0 Å². The molecule has 10 heteroatoms. The number of carbonyl (C=O) groups is 2. The number of likely N-dealkylation sites (N-methyl/N-ethyl adjacent to an activating group) is 1. The van der Waals surface area contributed by atoms with Crippen molar-refractivity contribution in [3.05, 3.63) is 85.1 Å². The van der Waals surface area contributed by atoms with E-state index in [1.807, 2.05) is 21.1 Å². The number of rotatable bonds is 65. The van der Waals surface area contributed by atoms with E-state index in [0.29, 0.717) is 17.4 Å². The molecule has 0 aliphatic carbocycles. The van der Waals surface area contributed by atoms with Gasteiger partial charge in [0.1, 0.15) is 19.8 Å². The summed E-state index contributed by atoms with van der Waals surface area (Å²) in [6.07, 6.45) is 88.2. The van der Waals surface area contributed by atoms with Gasteiger partial charge in [-0.05, 0) is 89.9 Å². The summed E-state index contributed by atoms with van der Waals surface area (Å²) in [6, 6.07) is 0. The highest BCUT2D eigenvalue weighted by atomic mass is 31.2. The van der Waals surface area contributed by atoms with E-state index in [0.717, 1.165) is 77.0 Å². The lowest BCUT2D eigenvalue weighted by atomic mass is 10.0. The van der Waals surface area contributed by atoms with Crippen LogP contribution in [0.3, 0.4) is 0 Å². The van der Waals surface area contributed by atoms with E-state index in [1.165, 1.54) is 212 Å². The second-order valence-electron chi connectivity index (χ2n) is 24.9. The number of carbonyl (C=O) groups excluding carboxylic acids is 2. The van der Waals surface area contributed by atoms with Gasteiger partial charge in [0.2, 0.25) is 0 Å². The summed E-state index contributed by atoms with van der Waals surface area (Å²) in [5.41, 5.74) is 0. The van der Waals surface area contributed by atoms with Crippen molar-refractivity contribution in [1.82, 2.24) is 0 Å². The first kappa shape index (κ1) is 81.2. The summed E-state index contributed by atoms with van der Waals surface area (Å²) < 4.78 is 34.3. The molecular weight excluding hydrogens is 1060 g/mol. The van der Waals surface area contributed by atoms with E-state index >= 15 is 0 Å². The molecule has 0 aromatic rings. The number of esters is 2. The number of quaternary nitrogens is 1. The van der Waals surface area contributed by atoms with Gasteiger partial charge in [0.25, 0.3) is 7.82 Å². The van der Waals surface area contributed by atoms with E-state index in [-0.39, 0.29) is 32.0 Å². The van der Waals surface area contributed by atoms with Crippen LogP contribution >= 0.6 is 7.82 Å². The van der Waals surface area contributed by atoms with Crippen LogP contribution in [0.5, 0.6) is 0 Å². The predicted octanol–water partition coefficient (Wildman–Crippen LogP) is 22.3. The third-order valence-corrected chi connectivity index (χ3v) is 16.4. The number of phosphoric acid groups is 1. The molecule has 0 aromatic heterocycles. The van der Waals surface area contributed by atoms with Crippen LogP contribution in [-0.4, -0.2) is 70.0 Å². The molecule has 0 N–H and O–H groups in total. The fraction of sp³-hybridized carbons (Fsp3) is 0.784. The van der Waals surface area contributed by atoms with E-state index < -0.39 is 26.5 Å². The predicted molar refractivity (Wildman–Crippen MR) is 360 cm³/mol. The van der Waals surface area contributed by atoms with Gasteiger partial charge in [-0.15, -0.1) is 0 Å². The van der Waals surface area contributed by atoms with Crippen LogP contribution in [0.4, 0.5) is 0 Å². The SMILES string of the molecule is CC/C=C\C/C=C\C/C=C\C/C=C\C/C=C\C/C=C\CCCCCCCCCCCCCCCCCCCCCCCCC(=O)OC(COC(=O)CCCCCCCCCCC/C=C\CCCCCCCC)COP(=O)([O-])OCC[N+](C)(C)C. The molecule has 9 nitrogen and oxygen atoms in total. The van der Waals surface area contributed by atoms with Crippen molar-refractivity contribution >= 4 is 19.8 Å². The van der Waals surface area contributed by atoms with Crippen molar-refractivity contribution in [2.45, 2.75) is 328 Å². The van der Waals surface area contributed by atoms with Crippen molar-refractivity contribution < 1.29 is 42.1 Å². The second kappa shape index (κ2) is 64.7. The van der Waals surface area contributed by atoms with Crippen molar-refractivity contribution in [3.8, 4) is 0 Å². The molecule has 0 aliphatic heterocycles. The lowest BCUT2D eigenvalue weighted by molar-refractivity contribution is -0.870. The summed E-state index contributed by atoms with van der Waals surface area (Å²) in [7, 11) is 1.18. The summed E-state index contributed by atoms with van der Waals surface area (Å²) >= 11 is 0. The molecule has 0 saturated heterocycles. The molecule has 2 unspecified atom stereocenters. The molecule has 0 radical (unpaired) electrons. The van der Waals surface area contributed by atoms with Gasteiger partial charge in [-0.2, -0.15) is 0 Å². The Bertz CT molecular complexity index is 1690. The van der Waals surface area contributed by atoms with E-state index in [4.69, 9.17) is 18.5 Å². The average Bonchev–Trinajstić information content (AvgIpc) is 3.61. The van der Waals surface area contributed by atoms with Crippen LogP contribution in [0.2, 0.25) is 0 Å². The molecule has 0 aliphatic rings. The van der Waals surface area contributed by atoms with Gasteiger partial charge in [0.15, 0.2) is 6.10 Å². The lowest BCUT2D eigenvalue weighted by Gasteiger charge is -2.28. The van der Waals surface area contributed by atoms with Gasteiger partial charge in [0.05, 0.1) is 27.7 Å². The Labute approximate surface area is 520 Å². The van der Waals surface area contributed by atoms with Crippen molar-refractivity contribution in [2.24, 2.45) is 0 Å². The zero-order valence-electron chi connectivity index (χ0n) is 55.6. The van der Waals surface area contributed by atoms with Gasteiger partial charge in [-0.3, -0.25) is 14.2 Å². The Morgan fingerprint density at radius 2 is 0.679 bits per heavy atom. The average molecular weight is 1200 g/mol. The molecule has 2 atom stereocenters. The van der Waals surface area contributed by atoms with Crippen LogP contribution in [0.25, 0.3) is 0 Å². The normalized spacial score (nSPS) is 13.6. The molecule has 0 rings (SSSR count). The van der Waals surface area contributed by atoms with Gasteiger partial charge < -0.3 is 27.9 Å². The highest BCUT2D eigenvalue weighted by Gasteiger charge is 2.22. The molecule has 0 aromatic carbocycles. The first-order chi connectivity index (χ1) is 41.0. The highest BCUT2D eigenvalue weighted by molar-refractivity contribution is 7.45. The molecule has 488 valence electrons. The Kier molecular flexibility index (Phi) is 62.5. The minimum absolute atomic E-state index is 0.0308. The van der Waals surface area contributed by atoms with Crippen molar-refractivity contribution in [2.75, 3.05) is 47.5 Å². The van der Waals surface area contributed by atoms with Gasteiger partial charge in [-0.25, -0.2) is 0 Å². The summed E-state index contributed by atoms with van der Waals surface area (Å²) in [5.74, 6) is -0.822. The zero-order chi connectivity index (χ0) is 61.2. The van der Waals surface area contributed by atoms with Crippen LogP contribution in [0, 0.1) is 0 Å². The topological polar surface area (TPSA) is 111 Å². The second-order valence-corrected chi connectivity index (χ2v) is 26.3. The fourth-order valence-electron chi connectivity index (χ4n) is 10.0. The number of phosphoric ester groups is 1. The molecule has 0 amide bonds. The minimum Gasteiger partial charge on any atom is -0.756 e. The maximum absolute atomic E-state index is 12.9. The lowest BCUT2D eigenvalue weighted by Crippen LogP contribution is -2.37. The number of nitrogens with zero attached hydrogens (tertiary/aromatic N) is 1. The largest absolute Gasteiger partial charge is 0.756 e. The van der Waals surface area contributed by atoms with Gasteiger partial charge >= 0.3 is 11.9 Å². The first-order valence-electron chi connectivity index (χ1n) is 35.3. The fourth-order valence-corrected chi connectivity index (χ4v) is 10.7. The number of allylic oxidation sites excluding steroid dienone is 14. The molecule has 0 fully saturated rings. The van der Waals surface area contributed by atoms with E-state index in [1.54, 1.807) is 0 Å². The third kappa shape index (κ3) is 68.3. The van der Waals surface area contributed by atoms with E-state index in [2.05, 4.69) is 98.9 Å². The minimum atomic E-state index is -4.64. The quantitative estimate of drug-likeness (QED) is 0.0195. The Balaban J connectivity index is 3.93. The van der Waals surface area contributed by atoms with Crippen LogP contribution in [0.15, 0.2) is 85.1 Å². The van der Waals surface area contributed by atoms with Gasteiger partial charge in [0, 0.05) is 12.8 Å². The monoisotopic (exact) mass is 1200 g/mol. The maximum atomic E-state index is 12.9. The summed E-state index contributed by atoms with van der Waals surface area (Å²) in [5, 5.41) is 0. The Morgan fingerprint density at radius 1 is 0.381 bits per heavy atom. The first-order valence-corrected chi connectivity index (χ1v) is 36.8. The molecule has 0 spiro atoms. The smallest absolute Gasteiger partial charge is 0.306 e. The highest BCUT2D eigenvalue weighted by Crippen LogP contribution is 2.38. The number of ether oxygens (including phenoxy) is 2. The summed E-state index contributed by atoms with van der Waals surface area (Å²) in [4.78, 5) is 38.0. The standard InChI is InChI=1S/C74H134NO8P/c1-6-8-10-12-14-16-18-20-22-24-26-27-28-29-30-31-32-33-34-35-36-37-38-39-40-41-42-43-44-45-46-47-49-51-53-55-57-59-61-63-65-67-74(77)83-72(71-82-84(78,79)81-69-68-75(3,4)5)70-80-73(76)66-64-62-60-58-56-54-52-50-48-25-23-21-19-17-15-13-11-9-7-2/h8,10,14,16,20-23,26-27,29-30,32-33,72H,6-7,9,11-13,15,17-19,24-25,28,31,34-71H2,1-5H3/b10-8-,16-14-,22-20-,23-21-,27-26-,30-29-,33-32-. The number of unbranched alkanes of at least 4 members (excludes halogenated alkanes) is 37. The molecule has 0 bridgehead atoms.